The summed E-state index contributed by atoms with van der Waals surface area (Å²) in [5, 5.41) is 12.8. The number of benzene rings is 1. The first-order valence-electron chi connectivity index (χ1n) is 9.79. The summed E-state index contributed by atoms with van der Waals surface area (Å²) in [6, 6.07) is 9.83. The van der Waals surface area contributed by atoms with Crippen LogP contribution in [0.4, 0.5) is 0 Å². The molecule has 1 aromatic carbocycles. The molecule has 4 aromatic rings. The van der Waals surface area contributed by atoms with E-state index in [0.29, 0.717) is 28.2 Å². The maximum atomic E-state index is 13.1. The van der Waals surface area contributed by atoms with Crippen LogP contribution in [0.1, 0.15) is 60.6 Å². The highest BCUT2D eigenvalue weighted by atomic mass is 16.6. The van der Waals surface area contributed by atoms with E-state index in [1.54, 1.807) is 30.8 Å². The first-order chi connectivity index (χ1) is 14.3. The van der Waals surface area contributed by atoms with Crippen LogP contribution in [0.2, 0.25) is 0 Å². The maximum absolute atomic E-state index is 13.1. The molecule has 0 fully saturated rings. The van der Waals surface area contributed by atoms with Gasteiger partial charge in [0.2, 0.25) is 5.89 Å². The SMILES string of the molecule is Cc1ccc(-c2cc(C(=O)OC(C)c3nnc(C)o3)c3cnn(C(C)C)c3n2)cc1. The molecule has 3 heterocycles. The first kappa shape index (κ1) is 19.8. The van der Waals surface area contributed by atoms with Crippen molar-refractivity contribution in [1.29, 1.82) is 0 Å². The van der Waals surface area contributed by atoms with Crippen LogP contribution < -0.4 is 0 Å². The van der Waals surface area contributed by atoms with Crippen LogP contribution in [0.5, 0.6) is 0 Å². The zero-order valence-electron chi connectivity index (χ0n) is 17.6. The van der Waals surface area contributed by atoms with Gasteiger partial charge >= 0.3 is 5.97 Å². The van der Waals surface area contributed by atoms with E-state index in [0.717, 1.165) is 11.1 Å². The van der Waals surface area contributed by atoms with Gasteiger partial charge < -0.3 is 9.15 Å². The van der Waals surface area contributed by atoms with E-state index in [2.05, 4.69) is 15.3 Å². The van der Waals surface area contributed by atoms with Crippen molar-refractivity contribution in [3.8, 4) is 11.3 Å². The average molecular weight is 405 g/mol. The van der Waals surface area contributed by atoms with Crippen molar-refractivity contribution in [3.63, 3.8) is 0 Å². The number of aryl methyl sites for hydroxylation is 2. The molecule has 0 saturated heterocycles. The lowest BCUT2D eigenvalue weighted by Gasteiger charge is -2.12. The average Bonchev–Trinajstić information content (AvgIpc) is 3.34. The van der Waals surface area contributed by atoms with Crippen LogP contribution in [0.3, 0.4) is 0 Å². The second-order valence-corrected chi connectivity index (χ2v) is 7.55. The van der Waals surface area contributed by atoms with Crippen molar-refractivity contribution < 1.29 is 13.9 Å². The number of aromatic nitrogens is 5. The summed E-state index contributed by atoms with van der Waals surface area (Å²) in [4.78, 5) is 17.9. The topological polar surface area (TPSA) is 95.9 Å². The summed E-state index contributed by atoms with van der Waals surface area (Å²) >= 11 is 0. The Labute approximate surface area is 173 Å². The van der Waals surface area contributed by atoms with E-state index in [1.807, 2.05) is 45.0 Å². The molecule has 8 nitrogen and oxygen atoms in total. The fourth-order valence-corrected chi connectivity index (χ4v) is 3.19. The molecule has 0 saturated carbocycles. The molecule has 1 atom stereocenters. The Morgan fingerprint density at radius 1 is 1.10 bits per heavy atom. The number of ether oxygens (including phenoxy) is 1. The number of fused-ring (bicyclic) bond motifs is 1. The van der Waals surface area contributed by atoms with Gasteiger partial charge in [0.25, 0.3) is 5.89 Å². The van der Waals surface area contributed by atoms with Gasteiger partial charge in [0, 0.05) is 18.5 Å². The third-order valence-corrected chi connectivity index (χ3v) is 4.80. The van der Waals surface area contributed by atoms with E-state index in [1.165, 1.54) is 0 Å². The Morgan fingerprint density at radius 2 is 1.83 bits per heavy atom. The number of hydrogen-bond donors (Lipinski definition) is 0. The lowest BCUT2D eigenvalue weighted by atomic mass is 10.1. The van der Waals surface area contributed by atoms with Crippen LogP contribution in [0, 0.1) is 13.8 Å². The normalized spacial score (nSPS) is 12.5. The smallest absolute Gasteiger partial charge is 0.339 e. The molecule has 3 aromatic heterocycles. The highest BCUT2D eigenvalue weighted by molar-refractivity contribution is 6.03. The van der Waals surface area contributed by atoms with Gasteiger partial charge in [0.05, 0.1) is 22.8 Å². The van der Waals surface area contributed by atoms with Crippen molar-refractivity contribution in [2.24, 2.45) is 0 Å². The molecule has 0 radical (unpaired) electrons. The summed E-state index contributed by atoms with van der Waals surface area (Å²) in [6.45, 7) is 9.44. The number of esters is 1. The first-order valence-corrected chi connectivity index (χ1v) is 9.79. The molecule has 1 unspecified atom stereocenters. The van der Waals surface area contributed by atoms with Crippen molar-refractivity contribution in [2.45, 2.75) is 46.8 Å². The van der Waals surface area contributed by atoms with E-state index >= 15 is 0 Å². The van der Waals surface area contributed by atoms with Crippen molar-refractivity contribution in [2.75, 3.05) is 0 Å². The van der Waals surface area contributed by atoms with Gasteiger partial charge in [0.15, 0.2) is 11.8 Å². The lowest BCUT2D eigenvalue weighted by Crippen LogP contribution is -2.11. The van der Waals surface area contributed by atoms with Gasteiger partial charge in [-0.3, -0.25) is 0 Å². The van der Waals surface area contributed by atoms with E-state index < -0.39 is 12.1 Å². The zero-order valence-corrected chi connectivity index (χ0v) is 17.6. The van der Waals surface area contributed by atoms with Crippen LogP contribution >= 0.6 is 0 Å². The van der Waals surface area contributed by atoms with Gasteiger partial charge in [-0.05, 0) is 33.8 Å². The molecular weight excluding hydrogens is 382 g/mol. The van der Waals surface area contributed by atoms with Gasteiger partial charge in [-0.2, -0.15) is 5.10 Å². The minimum Gasteiger partial charge on any atom is -0.449 e. The Bertz CT molecular complexity index is 1210. The molecule has 0 amide bonds. The van der Waals surface area contributed by atoms with Gasteiger partial charge in [-0.15, -0.1) is 10.2 Å². The van der Waals surface area contributed by atoms with Gasteiger partial charge in [0.1, 0.15) is 0 Å². The van der Waals surface area contributed by atoms with Crippen molar-refractivity contribution in [1.82, 2.24) is 25.0 Å². The maximum Gasteiger partial charge on any atom is 0.339 e. The van der Waals surface area contributed by atoms with Crippen molar-refractivity contribution >= 4 is 17.0 Å². The van der Waals surface area contributed by atoms with Crippen LogP contribution in [-0.4, -0.2) is 30.9 Å². The van der Waals surface area contributed by atoms with Crippen molar-refractivity contribution in [3.05, 3.63) is 59.4 Å². The lowest BCUT2D eigenvalue weighted by molar-refractivity contribution is 0.0279. The van der Waals surface area contributed by atoms with Crippen LogP contribution in [0.15, 0.2) is 40.9 Å². The second kappa shape index (κ2) is 7.70. The van der Waals surface area contributed by atoms with Gasteiger partial charge in [-0.1, -0.05) is 29.8 Å². The summed E-state index contributed by atoms with van der Waals surface area (Å²) in [5.74, 6) is 0.171. The number of nitrogens with zero attached hydrogens (tertiary/aromatic N) is 5. The standard InChI is InChI=1S/C22H23N5O3/c1-12(2)27-20-18(11-23-27)17(10-19(24-20)16-8-6-13(3)7-9-16)22(28)29-14(4)21-26-25-15(5)30-21/h6-12,14H,1-5H3. The molecule has 0 aliphatic rings. The number of carbonyl (C=O) groups is 1. The number of rotatable bonds is 5. The number of hydrogen-bond acceptors (Lipinski definition) is 7. The molecule has 0 aliphatic carbocycles. The molecule has 0 bridgehead atoms. The van der Waals surface area contributed by atoms with Crippen LogP contribution in [-0.2, 0) is 4.74 Å². The van der Waals surface area contributed by atoms with Gasteiger partial charge in [-0.25, -0.2) is 14.5 Å². The van der Waals surface area contributed by atoms with E-state index in [-0.39, 0.29) is 11.9 Å². The third kappa shape index (κ3) is 3.68. The molecule has 4 rings (SSSR count). The highest BCUT2D eigenvalue weighted by Gasteiger charge is 2.23. The predicted molar refractivity (Wildman–Crippen MR) is 111 cm³/mol. The Kier molecular flexibility index (Phi) is 5.07. The summed E-state index contributed by atoms with van der Waals surface area (Å²) < 4.78 is 12.8. The number of carbonyl (C=O) groups excluding carboxylic acids is 1. The fraction of sp³-hybridized carbons (Fsp3) is 0.318. The molecular formula is C22H23N5O3. The zero-order chi connectivity index (χ0) is 21.4. The summed E-state index contributed by atoms with van der Waals surface area (Å²) in [7, 11) is 0. The summed E-state index contributed by atoms with van der Waals surface area (Å²) in [5.41, 5.74) is 3.77. The Balaban J connectivity index is 1.79. The van der Waals surface area contributed by atoms with E-state index in [4.69, 9.17) is 14.1 Å². The molecule has 8 heteroatoms. The third-order valence-electron chi connectivity index (χ3n) is 4.80. The molecule has 0 spiro atoms. The quantitative estimate of drug-likeness (QED) is 0.448. The monoisotopic (exact) mass is 405 g/mol. The Morgan fingerprint density at radius 3 is 2.47 bits per heavy atom. The second-order valence-electron chi connectivity index (χ2n) is 7.55. The predicted octanol–water partition coefficient (Wildman–Crippen LogP) is 4.60. The minimum absolute atomic E-state index is 0.0902. The largest absolute Gasteiger partial charge is 0.449 e. The number of pyridine rings is 1. The Hall–Kier alpha value is -3.55. The fourth-order valence-electron chi connectivity index (χ4n) is 3.19. The molecule has 0 N–H and O–H groups in total. The van der Waals surface area contributed by atoms with Crippen LogP contribution in [0.25, 0.3) is 22.3 Å². The summed E-state index contributed by atoms with van der Waals surface area (Å²) in [6.07, 6.45) is 0.976. The molecule has 0 aliphatic heterocycles. The molecule has 30 heavy (non-hydrogen) atoms. The minimum atomic E-state index is -0.676. The van der Waals surface area contributed by atoms with E-state index in [9.17, 15) is 4.79 Å². The highest BCUT2D eigenvalue weighted by Crippen LogP contribution is 2.28. The molecule has 154 valence electrons.